The number of fused-ring (bicyclic) bond motifs is 1. The highest BCUT2D eigenvalue weighted by molar-refractivity contribution is 14.1. The van der Waals surface area contributed by atoms with E-state index in [1.165, 1.54) is 6.42 Å². The van der Waals surface area contributed by atoms with Crippen LogP contribution in [0.1, 0.15) is 38.5 Å². The van der Waals surface area contributed by atoms with Gasteiger partial charge in [-0.1, -0.05) is 19.3 Å². The monoisotopic (exact) mass is 388 g/mol. The van der Waals surface area contributed by atoms with Crippen molar-refractivity contribution in [2.75, 3.05) is 17.3 Å². The molecule has 1 aliphatic heterocycles. The maximum atomic E-state index is 13.9. The molecule has 1 aromatic carbocycles. The fourth-order valence-electron chi connectivity index (χ4n) is 3.50. The average Bonchev–Trinajstić information content (AvgIpc) is 2.50. The van der Waals surface area contributed by atoms with E-state index in [2.05, 4.69) is 10.2 Å². The molecule has 1 aromatic rings. The molecule has 3 rings (SSSR count). The third-order valence-corrected chi connectivity index (χ3v) is 5.49. The SMILES string of the molecule is CN1c2cc(F)c(I)cc2NC(=O)CC12CCCCC2. The van der Waals surface area contributed by atoms with Crippen molar-refractivity contribution in [2.24, 2.45) is 0 Å². The quantitative estimate of drug-likeness (QED) is 0.684. The van der Waals surface area contributed by atoms with Crippen molar-refractivity contribution in [1.82, 2.24) is 0 Å². The highest BCUT2D eigenvalue weighted by Crippen LogP contribution is 2.43. The number of carbonyl (C=O) groups is 1. The van der Waals surface area contributed by atoms with Crippen molar-refractivity contribution < 1.29 is 9.18 Å². The molecule has 1 heterocycles. The molecular weight excluding hydrogens is 370 g/mol. The van der Waals surface area contributed by atoms with Gasteiger partial charge in [-0.3, -0.25) is 4.79 Å². The molecule has 2 aliphatic rings. The van der Waals surface area contributed by atoms with Gasteiger partial charge in [0.1, 0.15) is 5.82 Å². The summed E-state index contributed by atoms with van der Waals surface area (Å²) in [6.45, 7) is 0. The van der Waals surface area contributed by atoms with Crippen molar-refractivity contribution in [1.29, 1.82) is 0 Å². The number of hydrogen-bond acceptors (Lipinski definition) is 2. The van der Waals surface area contributed by atoms with E-state index in [-0.39, 0.29) is 17.3 Å². The number of hydrogen-bond donors (Lipinski definition) is 1. The first-order valence-electron chi connectivity index (χ1n) is 7.05. The van der Waals surface area contributed by atoms with Crippen molar-refractivity contribution >= 4 is 39.9 Å². The Morgan fingerprint density at radius 2 is 2.00 bits per heavy atom. The number of nitrogens with zero attached hydrogens (tertiary/aromatic N) is 1. The third kappa shape index (κ3) is 2.29. The van der Waals surface area contributed by atoms with Gasteiger partial charge in [0, 0.05) is 18.7 Å². The van der Waals surface area contributed by atoms with Gasteiger partial charge in [-0.15, -0.1) is 0 Å². The van der Waals surface area contributed by atoms with Crippen molar-refractivity contribution in [3.8, 4) is 0 Å². The van der Waals surface area contributed by atoms with Gasteiger partial charge in [0.2, 0.25) is 5.91 Å². The molecule has 1 fully saturated rings. The van der Waals surface area contributed by atoms with Gasteiger partial charge >= 0.3 is 0 Å². The summed E-state index contributed by atoms with van der Waals surface area (Å²) in [6.07, 6.45) is 6.01. The minimum Gasteiger partial charge on any atom is -0.367 e. The number of benzene rings is 1. The second-order valence-corrected chi connectivity index (χ2v) is 7.01. The van der Waals surface area contributed by atoms with Crippen LogP contribution in [0.5, 0.6) is 0 Å². The topological polar surface area (TPSA) is 32.3 Å². The maximum Gasteiger partial charge on any atom is 0.226 e. The molecule has 0 unspecified atom stereocenters. The first-order valence-corrected chi connectivity index (χ1v) is 8.12. The van der Waals surface area contributed by atoms with Gasteiger partial charge in [0.25, 0.3) is 0 Å². The summed E-state index contributed by atoms with van der Waals surface area (Å²) in [5, 5.41) is 2.94. The zero-order valence-corrected chi connectivity index (χ0v) is 13.7. The summed E-state index contributed by atoms with van der Waals surface area (Å²) in [4.78, 5) is 14.4. The lowest BCUT2D eigenvalue weighted by atomic mass is 9.78. The lowest BCUT2D eigenvalue weighted by Crippen LogP contribution is -2.49. The molecular formula is C15H18FIN2O. The van der Waals surface area contributed by atoms with Crippen LogP contribution in [0.25, 0.3) is 0 Å². The Labute approximate surface area is 132 Å². The predicted molar refractivity (Wildman–Crippen MR) is 86.6 cm³/mol. The Kier molecular flexibility index (Phi) is 3.64. The summed E-state index contributed by atoms with van der Waals surface area (Å²) in [7, 11) is 2.00. The molecule has 3 nitrogen and oxygen atoms in total. The van der Waals surface area contributed by atoms with Gasteiger partial charge in [0.05, 0.1) is 21.4 Å². The van der Waals surface area contributed by atoms with Gasteiger partial charge in [-0.2, -0.15) is 0 Å². The molecule has 0 radical (unpaired) electrons. The van der Waals surface area contributed by atoms with Gasteiger partial charge in [0.15, 0.2) is 0 Å². The molecule has 5 heteroatoms. The zero-order valence-electron chi connectivity index (χ0n) is 11.5. The van der Waals surface area contributed by atoms with Crippen LogP contribution in [0.4, 0.5) is 15.8 Å². The average molecular weight is 388 g/mol. The summed E-state index contributed by atoms with van der Waals surface area (Å²) in [6, 6.07) is 3.28. The Bertz CT molecular complexity index is 555. The fourth-order valence-corrected chi connectivity index (χ4v) is 3.97. The van der Waals surface area contributed by atoms with Gasteiger partial charge in [-0.25, -0.2) is 4.39 Å². The minimum atomic E-state index is -0.224. The van der Waals surface area contributed by atoms with Gasteiger partial charge in [-0.05, 0) is 41.5 Å². The fraction of sp³-hybridized carbons (Fsp3) is 0.533. The molecule has 0 bridgehead atoms. The lowest BCUT2D eigenvalue weighted by molar-refractivity contribution is -0.117. The molecule has 1 aliphatic carbocycles. The minimum absolute atomic E-state index is 0.0416. The Hall–Kier alpha value is -0.850. The first-order chi connectivity index (χ1) is 9.52. The number of nitrogens with one attached hydrogen (secondary N) is 1. The van der Waals surface area contributed by atoms with Crippen LogP contribution >= 0.6 is 22.6 Å². The van der Waals surface area contributed by atoms with E-state index in [1.54, 1.807) is 12.1 Å². The number of anilines is 2. The van der Waals surface area contributed by atoms with Crippen LogP contribution < -0.4 is 10.2 Å². The number of rotatable bonds is 0. The molecule has 1 N–H and O–H groups in total. The van der Waals surface area contributed by atoms with E-state index in [0.29, 0.717) is 9.99 Å². The molecule has 0 saturated heterocycles. The molecule has 108 valence electrons. The normalized spacial score (nSPS) is 21.4. The molecule has 20 heavy (non-hydrogen) atoms. The highest BCUT2D eigenvalue weighted by atomic mass is 127. The summed E-state index contributed by atoms with van der Waals surface area (Å²) in [5.41, 5.74) is 1.38. The van der Waals surface area contributed by atoms with E-state index >= 15 is 0 Å². The number of halogens is 2. The Morgan fingerprint density at radius 3 is 2.70 bits per heavy atom. The van der Waals surface area contributed by atoms with Crippen LogP contribution in [-0.2, 0) is 4.79 Å². The Balaban J connectivity index is 2.10. The van der Waals surface area contributed by atoms with Crippen LogP contribution in [-0.4, -0.2) is 18.5 Å². The van der Waals surface area contributed by atoms with Crippen LogP contribution in [0.15, 0.2) is 12.1 Å². The van der Waals surface area contributed by atoms with Crippen molar-refractivity contribution in [3.05, 3.63) is 21.5 Å². The summed E-state index contributed by atoms with van der Waals surface area (Å²) in [5.74, 6) is -0.182. The smallest absolute Gasteiger partial charge is 0.226 e. The van der Waals surface area contributed by atoms with E-state index in [9.17, 15) is 9.18 Å². The lowest BCUT2D eigenvalue weighted by Gasteiger charge is -2.44. The first kappa shape index (κ1) is 14.1. The standard InChI is InChI=1S/C15H18FIN2O/c1-19-13-7-10(16)11(17)8-12(13)18-14(20)9-15(19)5-3-2-4-6-15/h7-8H,2-6,9H2,1H3,(H,18,20). The van der Waals surface area contributed by atoms with Crippen LogP contribution in [0.3, 0.4) is 0 Å². The number of amides is 1. The zero-order chi connectivity index (χ0) is 14.3. The predicted octanol–water partition coefficient (Wildman–Crippen LogP) is 3.91. The third-order valence-electron chi connectivity index (χ3n) is 4.66. The second-order valence-electron chi connectivity index (χ2n) is 5.85. The Morgan fingerprint density at radius 1 is 1.30 bits per heavy atom. The van der Waals surface area contributed by atoms with E-state index in [0.717, 1.165) is 37.1 Å². The van der Waals surface area contributed by atoms with Crippen LogP contribution in [0, 0.1) is 9.39 Å². The van der Waals surface area contributed by atoms with Crippen molar-refractivity contribution in [3.63, 3.8) is 0 Å². The molecule has 1 amide bonds. The molecule has 1 saturated carbocycles. The summed E-state index contributed by atoms with van der Waals surface area (Å²) < 4.78 is 14.5. The summed E-state index contributed by atoms with van der Waals surface area (Å²) >= 11 is 1.96. The molecule has 0 atom stereocenters. The largest absolute Gasteiger partial charge is 0.367 e. The van der Waals surface area contributed by atoms with E-state index in [4.69, 9.17) is 0 Å². The van der Waals surface area contributed by atoms with Gasteiger partial charge < -0.3 is 10.2 Å². The number of carbonyl (C=O) groups excluding carboxylic acids is 1. The second kappa shape index (κ2) is 5.16. The van der Waals surface area contributed by atoms with Crippen LogP contribution in [0.2, 0.25) is 0 Å². The maximum absolute atomic E-state index is 13.9. The molecule has 0 aromatic heterocycles. The van der Waals surface area contributed by atoms with E-state index in [1.807, 2.05) is 29.6 Å². The van der Waals surface area contributed by atoms with Crippen molar-refractivity contribution in [2.45, 2.75) is 44.1 Å². The van der Waals surface area contributed by atoms with E-state index < -0.39 is 0 Å². The highest BCUT2D eigenvalue weighted by Gasteiger charge is 2.41. The molecule has 1 spiro atoms.